The Bertz CT molecular complexity index is 1140. The number of fused-ring (bicyclic) bond motifs is 5. The third kappa shape index (κ3) is 3.31. The lowest BCUT2D eigenvalue weighted by atomic mass is 9.97. The van der Waals surface area contributed by atoms with E-state index >= 15 is 0 Å². The van der Waals surface area contributed by atoms with Crippen molar-refractivity contribution in [2.75, 3.05) is 6.61 Å². The molecule has 1 aromatic heterocycles. The second-order valence-electron chi connectivity index (χ2n) is 9.04. The summed E-state index contributed by atoms with van der Waals surface area (Å²) >= 11 is 0. The molecule has 2 unspecified atom stereocenters. The summed E-state index contributed by atoms with van der Waals surface area (Å²) in [4.78, 5) is 19.6. The Kier molecular flexibility index (Phi) is 4.79. The predicted octanol–water partition coefficient (Wildman–Crippen LogP) is 5.74. The van der Waals surface area contributed by atoms with Gasteiger partial charge in [-0.05, 0) is 53.6 Å². The number of nitrogens with zero attached hydrogens (tertiary/aromatic N) is 2. The Morgan fingerprint density at radius 2 is 1.66 bits per heavy atom. The molecule has 1 saturated heterocycles. The second kappa shape index (κ2) is 7.94. The van der Waals surface area contributed by atoms with Crippen LogP contribution in [0, 0.1) is 0 Å². The van der Waals surface area contributed by atoms with E-state index in [0.29, 0.717) is 6.61 Å². The third-order valence-corrected chi connectivity index (χ3v) is 7.15. The van der Waals surface area contributed by atoms with Crippen LogP contribution in [0.5, 0.6) is 0 Å². The first-order valence-corrected chi connectivity index (χ1v) is 11.5. The standard InChI is InChI=1S/C28H26N2O2/c31-28(30-21-12-13-22(30)17-19(16-21)15-20-7-5-6-14-29-20)32-18-27-25-10-3-1-8-23(25)24-9-2-4-11-26(24)27/h1-11,14,16,21-22,27H,12-13,15,17-18H2. The fraction of sp³-hybridized carbons (Fsp3) is 0.286. The van der Waals surface area contributed by atoms with E-state index in [0.717, 1.165) is 31.4 Å². The first-order valence-electron chi connectivity index (χ1n) is 11.5. The van der Waals surface area contributed by atoms with Crippen molar-refractivity contribution >= 4 is 6.09 Å². The average Bonchev–Trinajstić information content (AvgIpc) is 3.30. The number of ether oxygens (including phenoxy) is 1. The SMILES string of the molecule is O=C(OCC1c2ccccc2-c2ccccc21)N1C2C=C(Cc3ccccn3)CC1CC2. The van der Waals surface area contributed by atoms with Crippen LogP contribution in [0.4, 0.5) is 4.79 Å². The zero-order chi connectivity index (χ0) is 21.5. The van der Waals surface area contributed by atoms with Crippen molar-refractivity contribution in [2.45, 2.75) is 43.7 Å². The Labute approximate surface area is 188 Å². The molecule has 2 aromatic carbocycles. The molecule has 1 aliphatic carbocycles. The van der Waals surface area contributed by atoms with E-state index in [1.54, 1.807) is 0 Å². The van der Waals surface area contributed by atoms with Gasteiger partial charge in [-0.25, -0.2) is 4.79 Å². The Morgan fingerprint density at radius 3 is 2.34 bits per heavy atom. The first-order chi connectivity index (χ1) is 15.8. The van der Waals surface area contributed by atoms with E-state index in [1.807, 2.05) is 23.2 Å². The maximum Gasteiger partial charge on any atom is 0.410 e. The van der Waals surface area contributed by atoms with Crippen LogP contribution in [0.3, 0.4) is 0 Å². The highest BCUT2D eigenvalue weighted by Crippen LogP contribution is 2.45. The molecule has 3 aliphatic rings. The van der Waals surface area contributed by atoms with Gasteiger partial charge in [0.25, 0.3) is 0 Å². The van der Waals surface area contributed by atoms with E-state index in [-0.39, 0.29) is 24.1 Å². The fourth-order valence-corrected chi connectivity index (χ4v) is 5.74. The van der Waals surface area contributed by atoms with Gasteiger partial charge in [-0.2, -0.15) is 0 Å². The molecule has 2 bridgehead atoms. The van der Waals surface area contributed by atoms with Crippen molar-refractivity contribution in [3.05, 3.63) is 101 Å². The summed E-state index contributed by atoms with van der Waals surface area (Å²) in [6.07, 6.45) is 7.78. The molecule has 0 saturated carbocycles. The summed E-state index contributed by atoms with van der Waals surface area (Å²) in [6.45, 7) is 0.382. The van der Waals surface area contributed by atoms with Crippen LogP contribution in [0.2, 0.25) is 0 Å². The molecule has 4 nitrogen and oxygen atoms in total. The Morgan fingerprint density at radius 1 is 0.938 bits per heavy atom. The van der Waals surface area contributed by atoms with Crippen molar-refractivity contribution in [2.24, 2.45) is 0 Å². The highest BCUT2D eigenvalue weighted by atomic mass is 16.6. The molecule has 0 radical (unpaired) electrons. The number of carbonyl (C=O) groups excluding carboxylic acids is 1. The van der Waals surface area contributed by atoms with Gasteiger partial charge in [0, 0.05) is 30.3 Å². The zero-order valence-corrected chi connectivity index (χ0v) is 18.0. The minimum Gasteiger partial charge on any atom is -0.448 e. The monoisotopic (exact) mass is 422 g/mol. The number of pyridine rings is 1. The maximum absolute atomic E-state index is 13.2. The van der Waals surface area contributed by atoms with Crippen molar-refractivity contribution in [1.82, 2.24) is 9.88 Å². The normalized spacial score (nSPS) is 21.1. The highest BCUT2D eigenvalue weighted by molar-refractivity contribution is 5.79. The number of amides is 1. The van der Waals surface area contributed by atoms with E-state index in [1.165, 1.54) is 27.8 Å². The minimum absolute atomic E-state index is 0.101. The van der Waals surface area contributed by atoms with Crippen LogP contribution in [0.25, 0.3) is 11.1 Å². The van der Waals surface area contributed by atoms with Crippen LogP contribution in [-0.2, 0) is 11.2 Å². The summed E-state index contributed by atoms with van der Waals surface area (Å²) in [7, 11) is 0. The van der Waals surface area contributed by atoms with Crippen molar-refractivity contribution < 1.29 is 9.53 Å². The van der Waals surface area contributed by atoms with Gasteiger partial charge >= 0.3 is 6.09 Å². The average molecular weight is 423 g/mol. The van der Waals surface area contributed by atoms with Gasteiger partial charge in [0.1, 0.15) is 6.61 Å². The molecule has 0 spiro atoms. The van der Waals surface area contributed by atoms with Gasteiger partial charge in [-0.1, -0.05) is 66.2 Å². The summed E-state index contributed by atoms with van der Waals surface area (Å²) in [5.74, 6) is 0.101. The van der Waals surface area contributed by atoms with Crippen LogP contribution < -0.4 is 0 Å². The lowest BCUT2D eigenvalue weighted by molar-refractivity contribution is 0.0849. The summed E-state index contributed by atoms with van der Waals surface area (Å²) in [6, 6.07) is 23.3. The van der Waals surface area contributed by atoms with E-state index in [4.69, 9.17) is 4.74 Å². The third-order valence-electron chi connectivity index (χ3n) is 7.15. The van der Waals surface area contributed by atoms with E-state index < -0.39 is 0 Å². The molecule has 1 fully saturated rings. The quantitative estimate of drug-likeness (QED) is 0.504. The second-order valence-corrected chi connectivity index (χ2v) is 9.04. The summed E-state index contributed by atoms with van der Waals surface area (Å²) in [5.41, 5.74) is 7.49. The van der Waals surface area contributed by atoms with Gasteiger partial charge in [0.2, 0.25) is 0 Å². The first kappa shape index (κ1) is 19.3. The molecule has 32 heavy (non-hydrogen) atoms. The van der Waals surface area contributed by atoms with Gasteiger partial charge in [0.05, 0.1) is 6.04 Å². The summed E-state index contributed by atoms with van der Waals surface area (Å²) < 4.78 is 5.96. The predicted molar refractivity (Wildman–Crippen MR) is 124 cm³/mol. The number of benzene rings is 2. The largest absolute Gasteiger partial charge is 0.448 e. The lowest BCUT2D eigenvalue weighted by Gasteiger charge is -2.33. The Hall–Kier alpha value is -3.40. The van der Waals surface area contributed by atoms with E-state index in [2.05, 4.69) is 65.7 Å². The molecular formula is C28H26N2O2. The minimum atomic E-state index is -0.174. The van der Waals surface area contributed by atoms with E-state index in [9.17, 15) is 4.79 Å². The zero-order valence-electron chi connectivity index (χ0n) is 18.0. The van der Waals surface area contributed by atoms with Crippen molar-refractivity contribution in [3.63, 3.8) is 0 Å². The number of aromatic nitrogens is 1. The summed E-state index contributed by atoms with van der Waals surface area (Å²) in [5, 5.41) is 0. The van der Waals surface area contributed by atoms with Crippen LogP contribution in [-0.4, -0.2) is 34.7 Å². The molecule has 2 atom stereocenters. The highest BCUT2D eigenvalue weighted by Gasteiger charge is 2.41. The topological polar surface area (TPSA) is 42.4 Å². The molecule has 1 amide bonds. The maximum atomic E-state index is 13.2. The molecular weight excluding hydrogens is 396 g/mol. The molecule has 160 valence electrons. The van der Waals surface area contributed by atoms with Gasteiger partial charge < -0.3 is 4.74 Å². The van der Waals surface area contributed by atoms with Gasteiger partial charge in [-0.3, -0.25) is 9.88 Å². The fourth-order valence-electron chi connectivity index (χ4n) is 5.74. The van der Waals surface area contributed by atoms with Crippen LogP contribution >= 0.6 is 0 Å². The molecule has 0 N–H and O–H groups in total. The van der Waals surface area contributed by atoms with Gasteiger partial charge in [-0.15, -0.1) is 0 Å². The molecule has 3 aromatic rings. The number of hydrogen-bond acceptors (Lipinski definition) is 3. The van der Waals surface area contributed by atoms with Crippen LogP contribution in [0.15, 0.2) is 84.6 Å². The number of rotatable bonds is 4. The van der Waals surface area contributed by atoms with Crippen LogP contribution in [0.1, 0.15) is 42.0 Å². The molecule has 2 aliphatic heterocycles. The van der Waals surface area contributed by atoms with Crippen molar-refractivity contribution in [1.29, 1.82) is 0 Å². The smallest absolute Gasteiger partial charge is 0.410 e. The number of hydrogen-bond donors (Lipinski definition) is 0. The molecule has 6 rings (SSSR count). The van der Waals surface area contributed by atoms with Gasteiger partial charge in [0.15, 0.2) is 0 Å². The number of carbonyl (C=O) groups is 1. The lowest BCUT2D eigenvalue weighted by Crippen LogP contribution is -2.44. The molecule has 4 heteroatoms. The van der Waals surface area contributed by atoms with Crippen molar-refractivity contribution in [3.8, 4) is 11.1 Å². The Balaban J connectivity index is 1.17. The molecule has 3 heterocycles.